The zero-order chi connectivity index (χ0) is 21.3. The third kappa shape index (κ3) is 3.50. The van der Waals surface area contributed by atoms with Gasteiger partial charge in [0.2, 0.25) is 5.95 Å². The lowest BCUT2D eigenvalue weighted by Gasteiger charge is -2.08. The van der Waals surface area contributed by atoms with E-state index in [1.54, 1.807) is 32.4 Å². The van der Waals surface area contributed by atoms with Crippen molar-refractivity contribution in [3.05, 3.63) is 86.6 Å². The number of hydrogen-bond donors (Lipinski definition) is 1. The van der Waals surface area contributed by atoms with Crippen LogP contribution >= 0.6 is 0 Å². The number of imidazole rings is 1. The van der Waals surface area contributed by atoms with Gasteiger partial charge in [-0.05, 0) is 29.8 Å². The van der Waals surface area contributed by atoms with Gasteiger partial charge >= 0.3 is 5.69 Å². The predicted molar refractivity (Wildman–Crippen MR) is 111 cm³/mol. The van der Waals surface area contributed by atoms with Crippen LogP contribution in [-0.2, 0) is 20.6 Å². The van der Waals surface area contributed by atoms with Gasteiger partial charge in [0.05, 0.1) is 18.5 Å². The topological polar surface area (TPSA) is 99.1 Å². The summed E-state index contributed by atoms with van der Waals surface area (Å²) in [4.78, 5) is 34.3. The Morgan fingerprint density at radius 1 is 1.10 bits per heavy atom. The number of pyridine rings is 1. The standard InChI is InChI=1S/C20H18FN7O2/c1-26-16-17(24-19(26)25-23-11-15-5-3-4-10-22-15)27(2)20(30)28(18(16)29)12-13-6-8-14(21)9-7-13/h3-11H,12H2,1-2H3,(H,24,25)/b23-11+. The third-order valence-corrected chi connectivity index (χ3v) is 4.66. The maximum Gasteiger partial charge on any atom is 0.332 e. The summed E-state index contributed by atoms with van der Waals surface area (Å²) < 4.78 is 17.1. The molecule has 9 nitrogen and oxygen atoms in total. The highest BCUT2D eigenvalue weighted by Crippen LogP contribution is 2.13. The highest BCUT2D eigenvalue weighted by Gasteiger charge is 2.18. The molecule has 3 heterocycles. The van der Waals surface area contributed by atoms with Crippen LogP contribution in [0.5, 0.6) is 0 Å². The third-order valence-electron chi connectivity index (χ3n) is 4.66. The minimum Gasteiger partial charge on any atom is -0.306 e. The fourth-order valence-corrected chi connectivity index (χ4v) is 3.06. The van der Waals surface area contributed by atoms with E-state index in [2.05, 4.69) is 20.5 Å². The molecule has 30 heavy (non-hydrogen) atoms. The Labute approximate surface area is 169 Å². The molecular formula is C20H18FN7O2. The van der Waals surface area contributed by atoms with E-state index < -0.39 is 11.2 Å². The van der Waals surface area contributed by atoms with E-state index in [0.29, 0.717) is 17.2 Å². The van der Waals surface area contributed by atoms with Crippen molar-refractivity contribution in [1.29, 1.82) is 0 Å². The summed E-state index contributed by atoms with van der Waals surface area (Å²) in [6, 6.07) is 11.1. The van der Waals surface area contributed by atoms with Crippen molar-refractivity contribution in [2.45, 2.75) is 6.54 Å². The zero-order valence-corrected chi connectivity index (χ0v) is 16.3. The average Bonchev–Trinajstić information content (AvgIpc) is 3.08. The summed E-state index contributed by atoms with van der Waals surface area (Å²) in [6.07, 6.45) is 3.17. The van der Waals surface area contributed by atoms with Gasteiger partial charge in [-0.1, -0.05) is 18.2 Å². The number of nitrogens with zero attached hydrogens (tertiary/aromatic N) is 6. The molecule has 4 rings (SSSR count). The normalized spacial score (nSPS) is 11.4. The van der Waals surface area contributed by atoms with Crippen LogP contribution in [0.2, 0.25) is 0 Å². The number of anilines is 1. The van der Waals surface area contributed by atoms with E-state index in [4.69, 9.17) is 0 Å². The molecule has 0 spiro atoms. The highest BCUT2D eigenvalue weighted by molar-refractivity contribution is 5.78. The highest BCUT2D eigenvalue weighted by atomic mass is 19.1. The van der Waals surface area contributed by atoms with Gasteiger partial charge in [0.25, 0.3) is 5.56 Å². The molecule has 0 saturated carbocycles. The van der Waals surface area contributed by atoms with E-state index in [1.165, 1.54) is 39.6 Å². The molecule has 0 bridgehead atoms. The molecule has 0 unspecified atom stereocenters. The summed E-state index contributed by atoms with van der Waals surface area (Å²) in [7, 11) is 3.20. The number of fused-ring (bicyclic) bond motifs is 1. The molecule has 0 atom stereocenters. The van der Waals surface area contributed by atoms with Crippen LogP contribution in [0, 0.1) is 5.82 Å². The second-order valence-corrected chi connectivity index (χ2v) is 6.65. The van der Waals surface area contributed by atoms with Crippen LogP contribution < -0.4 is 16.7 Å². The summed E-state index contributed by atoms with van der Waals surface area (Å²) in [5.74, 6) is -0.0909. The number of aryl methyl sites for hydroxylation is 2. The lowest BCUT2D eigenvalue weighted by Crippen LogP contribution is -2.39. The Hall–Kier alpha value is -4.08. The lowest BCUT2D eigenvalue weighted by molar-refractivity contribution is 0.623. The quantitative estimate of drug-likeness (QED) is 0.399. The molecule has 0 aliphatic rings. The Kier molecular flexibility index (Phi) is 4.97. The number of rotatable bonds is 5. The smallest absolute Gasteiger partial charge is 0.306 e. The molecule has 1 N–H and O–H groups in total. The first-order valence-electron chi connectivity index (χ1n) is 9.06. The largest absolute Gasteiger partial charge is 0.332 e. The molecule has 4 aromatic rings. The fourth-order valence-electron chi connectivity index (χ4n) is 3.06. The van der Waals surface area contributed by atoms with Crippen molar-refractivity contribution >= 4 is 23.3 Å². The van der Waals surface area contributed by atoms with Gasteiger partial charge in [0.15, 0.2) is 11.2 Å². The van der Waals surface area contributed by atoms with Gasteiger partial charge in [-0.15, -0.1) is 0 Å². The Bertz CT molecular complexity index is 1350. The van der Waals surface area contributed by atoms with Crippen molar-refractivity contribution in [3.63, 3.8) is 0 Å². The van der Waals surface area contributed by atoms with Crippen LogP contribution in [-0.4, -0.2) is 29.9 Å². The van der Waals surface area contributed by atoms with Crippen LogP contribution in [0.25, 0.3) is 11.2 Å². The molecule has 152 valence electrons. The molecule has 0 saturated heterocycles. The second kappa shape index (κ2) is 7.74. The maximum atomic E-state index is 13.2. The summed E-state index contributed by atoms with van der Waals surface area (Å²) in [5, 5.41) is 4.10. The van der Waals surface area contributed by atoms with Gasteiger partial charge in [0, 0.05) is 20.3 Å². The average molecular weight is 407 g/mol. The number of halogens is 1. The zero-order valence-electron chi connectivity index (χ0n) is 16.3. The second-order valence-electron chi connectivity index (χ2n) is 6.65. The van der Waals surface area contributed by atoms with E-state index in [0.717, 1.165) is 4.57 Å². The van der Waals surface area contributed by atoms with Gasteiger partial charge in [-0.25, -0.2) is 14.6 Å². The van der Waals surface area contributed by atoms with Crippen LogP contribution in [0.15, 0.2) is 63.4 Å². The van der Waals surface area contributed by atoms with E-state index in [-0.39, 0.29) is 23.5 Å². The number of benzene rings is 1. The minimum atomic E-state index is -0.515. The molecule has 10 heteroatoms. The molecule has 1 aromatic carbocycles. The number of aromatic nitrogens is 5. The molecule has 0 aliphatic heterocycles. The predicted octanol–water partition coefficient (Wildman–Crippen LogP) is 1.46. The first-order valence-corrected chi connectivity index (χ1v) is 9.06. The Morgan fingerprint density at radius 2 is 1.87 bits per heavy atom. The van der Waals surface area contributed by atoms with E-state index >= 15 is 0 Å². The Balaban J connectivity index is 1.73. The van der Waals surface area contributed by atoms with Crippen molar-refractivity contribution in [2.24, 2.45) is 19.2 Å². The van der Waals surface area contributed by atoms with Crippen LogP contribution in [0.1, 0.15) is 11.3 Å². The number of nitrogens with one attached hydrogen (secondary N) is 1. The molecule has 0 amide bonds. The summed E-state index contributed by atoms with van der Waals surface area (Å²) >= 11 is 0. The number of hydrazone groups is 1. The first-order chi connectivity index (χ1) is 14.5. The van der Waals surface area contributed by atoms with Crippen molar-refractivity contribution < 1.29 is 4.39 Å². The SMILES string of the molecule is Cn1c(N/N=C/c2ccccn2)nc2c1c(=O)n(Cc1ccc(F)cc1)c(=O)n2C. The van der Waals surface area contributed by atoms with Gasteiger partial charge < -0.3 is 4.57 Å². The number of hydrogen-bond acceptors (Lipinski definition) is 6. The minimum absolute atomic E-state index is 0.0213. The molecule has 0 radical (unpaired) electrons. The van der Waals surface area contributed by atoms with E-state index in [9.17, 15) is 14.0 Å². The molecule has 3 aromatic heterocycles. The maximum absolute atomic E-state index is 13.2. The van der Waals surface area contributed by atoms with Crippen LogP contribution in [0.4, 0.5) is 10.3 Å². The van der Waals surface area contributed by atoms with Crippen molar-refractivity contribution in [2.75, 3.05) is 5.43 Å². The van der Waals surface area contributed by atoms with Gasteiger partial charge in [0.1, 0.15) is 5.82 Å². The molecule has 0 aliphatic carbocycles. The van der Waals surface area contributed by atoms with Crippen molar-refractivity contribution in [3.8, 4) is 0 Å². The van der Waals surface area contributed by atoms with Crippen LogP contribution in [0.3, 0.4) is 0 Å². The van der Waals surface area contributed by atoms with E-state index in [1.807, 2.05) is 6.07 Å². The first kappa shape index (κ1) is 19.2. The fraction of sp³-hybridized carbons (Fsp3) is 0.150. The van der Waals surface area contributed by atoms with Gasteiger partial charge in [-0.2, -0.15) is 10.1 Å². The monoisotopic (exact) mass is 407 g/mol. The molecular weight excluding hydrogens is 389 g/mol. The Morgan fingerprint density at radius 3 is 2.57 bits per heavy atom. The summed E-state index contributed by atoms with van der Waals surface area (Å²) in [5.41, 5.74) is 3.53. The summed E-state index contributed by atoms with van der Waals surface area (Å²) in [6.45, 7) is 0.0213. The van der Waals surface area contributed by atoms with Gasteiger partial charge in [-0.3, -0.25) is 18.9 Å². The molecule has 0 fully saturated rings. The van der Waals surface area contributed by atoms with Crippen molar-refractivity contribution in [1.82, 2.24) is 23.7 Å². The lowest BCUT2D eigenvalue weighted by atomic mass is 10.2.